The van der Waals surface area contributed by atoms with E-state index < -0.39 is 5.54 Å². The van der Waals surface area contributed by atoms with Gasteiger partial charge >= 0.3 is 0 Å². The molecule has 1 amide bonds. The predicted molar refractivity (Wildman–Crippen MR) is 68.3 cm³/mol. The number of amides is 1. The topological polar surface area (TPSA) is 49.6 Å². The Morgan fingerprint density at radius 1 is 1.25 bits per heavy atom. The first kappa shape index (κ1) is 15.4. The van der Waals surface area contributed by atoms with E-state index in [1.807, 2.05) is 35.0 Å². The Morgan fingerprint density at radius 2 is 1.81 bits per heavy atom. The van der Waals surface area contributed by atoms with Gasteiger partial charge in [-0.15, -0.1) is 0 Å². The van der Waals surface area contributed by atoms with Crippen molar-refractivity contribution in [3.63, 3.8) is 0 Å². The van der Waals surface area contributed by atoms with Gasteiger partial charge in [0, 0.05) is 13.6 Å². The molecule has 4 nitrogen and oxygen atoms in total. The van der Waals surface area contributed by atoms with Gasteiger partial charge in [-0.05, 0) is 40.4 Å². The Kier molecular flexibility index (Phi) is 6.60. The largest absolute Gasteiger partial charge is 0.344 e. The van der Waals surface area contributed by atoms with Crippen LogP contribution >= 0.6 is 0 Å². The fourth-order valence-corrected chi connectivity index (χ4v) is 1.79. The second-order valence-corrected chi connectivity index (χ2v) is 5.05. The van der Waals surface area contributed by atoms with E-state index in [1.54, 1.807) is 4.90 Å². The molecule has 4 heteroatoms. The maximum atomic E-state index is 12.0. The second-order valence-electron chi connectivity index (χ2n) is 5.05. The average molecular weight is 229 g/mol. The van der Waals surface area contributed by atoms with Gasteiger partial charge in [0.1, 0.15) is 0 Å². The first-order valence-corrected chi connectivity index (χ1v) is 6.00. The highest BCUT2D eigenvalue weighted by atomic mass is 16.2. The number of carbonyl (C=O) groups is 1. The summed E-state index contributed by atoms with van der Waals surface area (Å²) in [6.45, 7) is 5.63. The van der Waals surface area contributed by atoms with Crippen molar-refractivity contribution in [2.24, 2.45) is 5.73 Å². The van der Waals surface area contributed by atoms with E-state index in [9.17, 15) is 4.79 Å². The maximum absolute atomic E-state index is 12.0. The van der Waals surface area contributed by atoms with E-state index in [0.717, 1.165) is 32.4 Å². The highest BCUT2D eigenvalue weighted by Gasteiger charge is 2.29. The van der Waals surface area contributed by atoms with Crippen LogP contribution in [0.5, 0.6) is 0 Å². The fraction of sp³-hybridized carbons (Fsp3) is 0.917. The lowest BCUT2D eigenvalue weighted by atomic mass is 9.96. The number of nitrogens with two attached hydrogens (primary N) is 1. The maximum Gasteiger partial charge on any atom is 0.242 e. The van der Waals surface area contributed by atoms with Gasteiger partial charge in [-0.2, -0.15) is 0 Å². The summed E-state index contributed by atoms with van der Waals surface area (Å²) in [5, 5.41) is 0. The van der Waals surface area contributed by atoms with Crippen LogP contribution in [0, 0.1) is 0 Å². The Morgan fingerprint density at radius 3 is 2.25 bits per heavy atom. The number of nitrogens with zero attached hydrogens (tertiary/aromatic N) is 2. The van der Waals surface area contributed by atoms with Crippen molar-refractivity contribution in [1.29, 1.82) is 0 Å². The Hall–Kier alpha value is -0.610. The molecule has 0 saturated heterocycles. The lowest BCUT2D eigenvalue weighted by Gasteiger charge is -2.29. The van der Waals surface area contributed by atoms with Crippen molar-refractivity contribution >= 4 is 5.91 Å². The van der Waals surface area contributed by atoms with E-state index in [-0.39, 0.29) is 5.91 Å². The van der Waals surface area contributed by atoms with Crippen molar-refractivity contribution in [2.75, 3.05) is 34.2 Å². The van der Waals surface area contributed by atoms with Gasteiger partial charge in [-0.3, -0.25) is 4.79 Å². The van der Waals surface area contributed by atoms with Crippen molar-refractivity contribution in [2.45, 2.75) is 38.6 Å². The zero-order chi connectivity index (χ0) is 12.8. The van der Waals surface area contributed by atoms with Gasteiger partial charge in [0.2, 0.25) is 5.91 Å². The number of hydrogen-bond donors (Lipinski definition) is 1. The summed E-state index contributed by atoms with van der Waals surface area (Å²) in [7, 11) is 5.90. The summed E-state index contributed by atoms with van der Waals surface area (Å²) < 4.78 is 0. The van der Waals surface area contributed by atoms with Crippen LogP contribution in [-0.2, 0) is 4.79 Å². The zero-order valence-electron chi connectivity index (χ0n) is 11.4. The quantitative estimate of drug-likeness (QED) is 0.706. The highest BCUT2D eigenvalue weighted by molar-refractivity contribution is 5.85. The van der Waals surface area contributed by atoms with E-state index in [4.69, 9.17) is 5.73 Å². The summed E-state index contributed by atoms with van der Waals surface area (Å²) in [4.78, 5) is 15.9. The summed E-state index contributed by atoms with van der Waals surface area (Å²) in [5.74, 6) is 0.0492. The van der Waals surface area contributed by atoms with Gasteiger partial charge in [-0.25, -0.2) is 0 Å². The fourth-order valence-electron chi connectivity index (χ4n) is 1.79. The highest BCUT2D eigenvalue weighted by Crippen LogP contribution is 2.11. The first-order chi connectivity index (χ1) is 7.31. The lowest BCUT2D eigenvalue weighted by Crippen LogP contribution is -2.52. The van der Waals surface area contributed by atoms with Gasteiger partial charge < -0.3 is 15.5 Å². The molecule has 0 saturated carbocycles. The van der Waals surface area contributed by atoms with E-state index in [0.29, 0.717) is 0 Å². The van der Waals surface area contributed by atoms with Crippen LogP contribution in [0.3, 0.4) is 0 Å². The molecule has 2 N–H and O–H groups in total. The van der Waals surface area contributed by atoms with Crippen LogP contribution in [0.2, 0.25) is 0 Å². The Labute approximate surface area is 99.8 Å². The molecule has 0 spiro atoms. The number of rotatable bonds is 7. The minimum absolute atomic E-state index is 0.0492. The molecule has 0 aliphatic heterocycles. The van der Waals surface area contributed by atoms with Crippen LogP contribution < -0.4 is 5.73 Å². The van der Waals surface area contributed by atoms with E-state index in [1.165, 1.54) is 0 Å². The van der Waals surface area contributed by atoms with Gasteiger partial charge in [0.25, 0.3) is 0 Å². The standard InChI is InChI=1S/C12H27N3O/c1-6-8-12(2,13)11(16)15(5)10-7-9-14(3)4/h6-10,13H2,1-5H3. The van der Waals surface area contributed by atoms with Crippen LogP contribution in [-0.4, -0.2) is 55.5 Å². The molecule has 0 heterocycles. The van der Waals surface area contributed by atoms with Crippen molar-refractivity contribution in [1.82, 2.24) is 9.80 Å². The molecular weight excluding hydrogens is 202 g/mol. The third-order valence-corrected chi connectivity index (χ3v) is 2.70. The molecule has 1 unspecified atom stereocenters. The summed E-state index contributed by atoms with van der Waals surface area (Å²) in [5.41, 5.74) is 5.29. The van der Waals surface area contributed by atoms with Gasteiger partial charge in [0.15, 0.2) is 0 Å². The number of carbonyl (C=O) groups excluding carboxylic acids is 1. The smallest absolute Gasteiger partial charge is 0.242 e. The van der Waals surface area contributed by atoms with Crippen LogP contribution in [0.15, 0.2) is 0 Å². The van der Waals surface area contributed by atoms with Crippen molar-refractivity contribution in [3.05, 3.63) is 0 Å². The molecule has 1 atom stereocenters. The average Bonchev–Trinajstić information content (AvgIpc) is 2.15. The minimum atomic E-state index is -0.707. The van der Waals surface area contributed by atoms with E-state index >= 15 is 0 Å². The predicted octanol–water partition coefficient (Wildman–Crippen LogP) is 0.914. The Bertz CT molecular complexity index is 214. The van der Waals surface area contributed by atoms with Crippen LogP contribution in [0.1, 0.15) is 33.1 Å². The first-order valence-electron chi connectivity index (χ1n) is 6.00. The van der Waals surface area contributed by atoms with Crippen LogP contribution in [0.25, 0.3) is 0 Å². The molecule has 0 aliphatic rings. The third kappa shape index (κ3) is 5.47. The van der Waals surface area contributed by atoms with Crippen LogP contribution in [0.4, 0.5) is 0 Å². The zero-order valence-corrected chi connectivity index (χ0v) is 11.4. The normalized spacial score (nSPS) is 14.9. The minimum Gasteiger partial charge on any atom is -0.344 e. The summed E-state index contributed by atoms with van der Waals surface area (Å²) in [6, 6.07) is 0. The van der Waals surface area contributed by atoms with Crippen molar-refractivity contribution < 1.29 is 4.79 Å². The molecular formula is C12H27N3O. The SMILES string of the molecule is CCCC(C)(N)C(=O)N(C)CCCN(C)C. The molecule has 0 aromatic heterocycles. The molecule has 96 valence electrons. The third-order valence-electron chi connectivity index (χ3n) is 2.70. The molecule has 0 aromatic rings. The molecule has 0 rings (SSSR count). The molecule has 0 bridgehead atoms. The molecule has 0 radical (unpaired) electrons. The van der Waals surface area contributed by atoms with Crippen molar-refractivity contribution in [3.8, 4) is 0 Å². The monoisotopic (exact) mass is 229 g/mol. The molecule has 0 fully saturated rings. The number of likely N-dealkylation sites (N-methyl/N-ethyl adjacent to an activating group) is 1. The molecule has 0 aromatic carbocycles. The van der Waals surface area contributed by atoms with Gasteiger partial charge in [-0.1, -0.05) is 13.3 Å². The molecule has 16 heavy (non-hydrogen) atoms. The summed E-state index contributed by atoms with van der Waals surface area (Å²) >= 11 is 0. The van der Waals surface area contributed by atoms with Gasteiger partial charge in [0.05, 0.1) is 5.54 Å². The second kappa shape index (κ2) is 6.86. The number of hydrogen-bond acceptors (Lipinski definition) is 3. The molecule has 0 aliphatic carbocycles. The Balaban J connectivity index is 4.07. The lowest BCUT2D eigenvalue weighted by molar-refractivity contribution is -0.135. The van der Waals surface area contributed by atoms with E-state index in [2.05, 4.69) is 4.90 Å². The summed E-state index contributed by atoms with van der Waals surface area (Å²) in [6.07, 6.45) is 2.66.